The van der Waals surface area contributed by atoms with Gasteiger partial charge in [-0.2, -0.15) is 0 Å². The van der Waals surface area contributed by atoms with E-state index >= 15 is 0 Å². The van der Waals surface area contributed by atoms with Crippen LogP contribution in [0, 0.1) is 0 Å². The number of nitrogens with one attached hydrogen (secondary N) is 1. The first-order valence-corrected chi connectivity index (χ1v) is 9.83. The van der Waals surface area contributed by atoms with Gasteiger partial charge in [0, 0.05) is 13.1 Å². The predicted octanol–water partition coefficient (Wildman–Crippen LogP) is 3.30. The van der Waals surface area contributed by atoms with E-state index in [9.17, 15) is 9.59 Å². The van der Waals surface area contributed by atoms with Crippen LogP contribution in [0.3, 0.4) is 0 Å². The standard InChI is InChI=1S/C22H23ClN2O5/c1-4-29-18-12-14(11-15(23)21(18)28-3)9-10-20(26)25-13-19(22(27)24-2)30-17-8-6-5-7-16(17)25/h5-12,19H,4,13H2,1-3H3,(H,24,27)/b10-9+. The summed E-state index contributed by atoms with van der Waals surface area (Å²) >= 11 is 6.28. The van der Waals surface area contributed by atoms with Crippen LogP contribution in [-0.4, -0.2) is 45.2 Å². The Hall–Kier alpha value is -3.19. The van der Waals surface area contributed by atoms with E-state index in [1.54, 1.807) is 36.4 Å². The summed E-state index contributed by atoms with van der Waals surface area (Å²) in [6, 6.07) is 10.5. The molecule has 2 amide bonds. The maximum Gasteiger partial charge on any atom is 0.262 e. The fourth-order valence-electron chi connectivity index (χ4n) is 3.14. The van der Waals surface area contributed by atoms with E-state index in [2.05, 4.69) is 5.32 Å². The number of para-hydroxylation sites is 2. The summed E-state index contributed by atoms with van der Waals surface area (Å²) < 4.78 is 16.6. The van der Waals surface area contributed by atoms with Gasteiger partial charge in [0.15, 0.2) is 17.6 Å². The smallest absolute Gasteiger partial charge is 0.262 e. The average molecular weight is 431 g/mol. The van der Waals surface area contributed by atoms with Crippen LogP contribution in [0.5, 0.6) is 17.2 Å². The highest BCUT2D eigenvalue weighted by Gasteiger charge is 2.32. The molecule has 30 heavy (non-hydrogen) atoms. The molecule has 1 aliphatic heterocycles. The molecule has 0 saturated heterocycles. The van der Waals surface area contributed by atoms with Crippen molar-refractivity contribution in [3.8, 4) is 17.2 Å². The molecule has 3 rings (SSSR count). The molecule has 2 aromatic rings. The first-order valence-electron chi connectivity index (χ1n) is 9.45. The lowest BCUT2D eigenvalue weighted by Gasteiger charge is -2.33. The number of methoxy groups -OCH3 is 1. The van der Waals surface area contributed by atoms with Crippen LogP contribution < -0.4 is 24.4 Å². The number of fused-ring (bicyclic) bond motifs is 1. The van der Waals surface area contributed by atoms with Crippen LogP contribution in [0.15, 0.2) is 42.5 Å². The van der Waals surface area contributed by atoms with E-state index in [1.165, 1.54) is 25.1 Å². The van der Waals surface area contributed by atoms with Crippen molar-refractivity contribution in [2.45, 2.75) is 13.0 Å². The largest absolute Gasteiger partial charge is 0.491 e. The Morgan fingerprint density at radius 1 is 1.33 bits per heavy atom. The number of hydrogen-bond donors (Lipinski definition) is 1. The van der Waals surface area contributed by atoms with E-state index < -0.39 is 6.10 Å². The Balaban J connectivity index is 1.88. The maximum atomic E-state index is 13.0. The summed E-state index contributed by atoms with van der Waals surface area (Å²) in [5, 5.41) is 2.94. The van der Waals surface area contributed by atoms with Gasteiger partial charge in [0.2, 0.25) is 0 Å². The molecule has 0 radical (unpaired) electrons. The molecule has 0 aromatic heterocycles. The van der Waals surface area contributed by atoms with Crippen molar-refractivity contribution in [1.82, 2.24) is 5.32 Å². The summed E-state index contributed by atoms with van der Waals surface area (Å²) in [4.78, 5) is 26.6. The highest BCUT2D eigenvalue weighted by molar-refractivity contribution is 6.32. The Morgan fingerprint density at radius 3 is 2.80 bits per heavy atom. The van der Waals surface area contributed by atoms with E-state index in [0.29, 0.717) is 40.1 Å². The number of benzene rings is 2. The van der Waals surface area contributed by atoms with Gasteiger partial charge < -0.3 is 24.4 Å². The predicted molar refractivity (Wildman–Crippen MR) is 115 cm³/mol. The molecule has 0 bridgehead atoms. The number of carbonyl (C=O) groups is 2. The molecular weight excluding hydrogens is 408 g/mol. The lowest BCUT2D eigenvalue weighted by atomic mass is 10.1. The third-order valence-corrected chi connectivity index (χ3v) is 4.81. The number of carbonyl (C=O) groups excluding carboxylic acids is 2. The van der Waals surface area contributed by atoms with Crippen LogP contribution in [-0.2, 0) is 9.59 Å². The van der Waals surface area contributed by atoms with Crippen LogP contribution in [0.25, 0.3) is 6.08 Å². The molecule has 1 atom stereocenters. The minimum Gasteiger partial charge on any atom is -0.491 e. The van der Waals surface area contributed by atoms with Crippen molar-refractivity contribution in [2.75, 3.05) is 32.2 Å². The van der Waals surface area contributed by atoms with Crippen LogP contribution in [0.1, 0.15) is 12.5 Å². The fraction of sp³-hybridized carbons (Fsp3) is 0.273. The highest BCUT2D eigenvalue weighted by Crippen LogP contribution is 2.37. The Kier molecular flexibility index (Phi) is 6.84. The highest BCUT2D eigenvalue weighted by atomic mass is 35.5. The molecule has 1 heterocycles. The third-order valence-electron chi connectivity index (χ3n) is 4.53. The fourth-order valence-corrected chi connectivity index (χ4v) is 3.44. The molecule has 1 aliphatic rings. The molecule has 0 fully saturated rings. The van der Waals surface area contributed by atoms with Crippen LogP contribution in [0.4, 0.5) is 5.69 Å². The molecule has 0 saturated carbocycles. The summed E-state index contributed by atoms with van der Waals surface area (Å²) in [5.74, 6) is 0.831. The zero-order valence-corrected chi connectivity index (χ0v) is 17.7. The van der Waals surface area contributed by atoms with Gasteiger partial charge in [-0.15, -0.1) is 0 Å². The zero-order valence-electron chi connectivity index (χ0n) is 17.0. The minimum absolute atomic E-state index is 0.105. The lowest BCUT2D eigenvalue weighted by Crippen LogP contribution is -2.49. The van der Waals surface area contributed by atoms with Gasteiger partial charge >= 0.3 is 0 Å². The van der Waals surface area contributed by atoms with Crippen molar-refractivity contribution in [2.24, 2.45) is 0 Å². The lowest BCUT2D eigenvalue weighted by molar-refractivity contribution is -0.127. The minimum atomic E-state index is -0.790. The van der Waals surface area contributed by atoms with E-state index in [1.807, 2.05) is 13.0 Å². The summed E-state index contributed by atoms with van der Waals surface area (Å²) in [6.45, 7) is 2.41. The van der Waals surface area contributed by atoms with Crippen molar-refractivity contribution >= 4 is 35.2 Å². The number of nitrogens with zero attached hydrogens (tertiary/aromatic N) is 1. The molecular formula is C22H23ClN2O5. The molecule has 8 heteroatoms. The summed E-state index contributed by atoms with van der Waals surface area (Å²) in [6.07, 6.45) is 2.28. The second kappa shape index (κ2) is 9.54. The number of halogens is 1. The quantitative estimate of drug-likeness (QED) is 0.711. The molecule has 1 N–H and O–H groups in total. The zero-order chi connectivity index (χ0) is 21.7. The third kappa shape index (κ3) is 4.52. The molecule has 7 nitrogen and oxygen atoms in total. The molecule has 0 aliphatic carbocycles. The van der Waals surface area contributed by atoms with Gasteiger partial charge in [-0.3, -0.25) is 9.59 Å². The van der Waals surface area contributed by atoms with E-state index in [4.69, 9.17) is 25.8 Å². The number of anilines is 1. The van der Waals surface area contributed by atoms with Crippen molar-refractivity contribution in [1.29, 1.82) is 0 Å². The number of rotatable bonds is 6. The summed E-state index contributed by atoms with van der Waals surface area (Å²) in [7, 11) is 3.04. The van der Waals surface area contributed by atoms with Crippen LogP contribution in [0.2, 0.25) is 5.02 Å². The van der Waals surface area contributed by atoms with Gasteiger partial charge in [0.05, 0.1) is 31.0 Å². The van der Waals surface area contributed by atoms with Gasteiger partial charge in [-0.1, -0.05) is 23.7 Å². The molecule has 2 aromatic carbocycles. The monoisotopic (exact) mass is 430 g/mol. The van der Waals surface area contributed by atoms with Crippen molar-refractivity contribution in [3.63, 3.8) is 0 Å². The number of likely N-dealkylation sites (N-methyl/N-ethyl adjacent to an activating group) is 1. The van der Waals surface area contributed by atoms with E-state index in [-0.39, 0.29) is 18.4 Å². The topological polar surface area (TPSA) is 77.1 Å². The molecule has 158 valence electrons. The van der Waals surface area contributed by atoms with Crippen molar-refractivity contribution < 1.29 is 23.8 Å². The van der Waals surface area contributed by atoms with Crippen molar-refractivity contribution in [3.05, 3.63) is 53.1 Å². The SMILES string of the molecule is CCOc1cc(/C=C/C(=O)N2CC(C(=O)NC)Oc3ccccc32)cc(Cl)c1OC. The first-order chi connectivity index (χ1) is 14.5. The Bertz CT molecular complexity index is 976. The second-order valence-electron chi connectivity index (χ2n) is 6.44. The molecule has 1 unspecified atom stereocenters. The average Bonchev–Trinajstić information content (AvgIpc) is 2.76. The normalized spacial score (nSPS) is 15.3. The number of ether oxygens (including phenoxy) is 3. The Morgan fingerprint density at radius 2 is 2.10 bits per heavy atom. The Labute approximate surface area is 180 Å². The number of hydrogen-bond acceptors (Lipinski definition) is 5. The first kappa shape index (κ1) is 21.5. The van der Waals surface area contributed by atoms with E-state index in [0.717, 1.165) is 0 Å². The maximum absolute atomic E-state index is 13.0. The summed E-state index contributed by atoms with van der Waals surface area (Å²) in [5.41, 5.74) is 1.29. The number of amides is 2. The van der Waals surface area contributed by atoms with Gasteiger partial charge in [-0.05, 0) is 42.8 Å². The van der Waals surface area contributed by atoms with Crippen LogP contribution >= 0.6 is 11.6 Å². The van der Waals surface area contributed by atoms with Gasteiger partial charge in [0.25, 0.3) is 11.8 Å². The van der Waals surface area contributed by atoms with Gasteiger partial charge in [0.1, 0.15) is 5.75 Å². The molecule has 0 spiro atoms. The second-order valence-corrected chi connectivity index (χ2v) is 6.84. The van der Waals surface area contributed by atoms with Gasteiger partial charge in [-0.25, -0.2) is 0 Å².